The lowest BCUT2D eigenvalue weighted by Crippen LogP contribution is -2.32. The topological polar surface area (TPSA) is 74.8 Å². The van der Waals surface area contributed by atoms with Gasteiger partial charge in [-0.3, -0.25) is 9.59 Å². The summed E-state index contributed by atoms with van der Waals surface area (Å²) in [6.45, 7) is 10.1. The van der Waals surface area contributed by atoms with Crippen molar-refractivity contribution in [1.29, 1.82) is 0 Å². The number of benzene rings is 1. The maximum absolute atomic E-state index is 12.7. The van der Waals surface area contributed by atoms with Crippen LogP contribution in [0.1, 0.15) is 58.9 Å². The van der Waals surface area contributed by atoms with Crippen molar-refractivity contribution in [2.24, 2.45) is 0 Å². The van der Waals surface area contributed by atoms with Gasteiger partial charge in [0.1, 0.15) is 10.7 Å². The van der Waals surface area contributed by atoms with Gasteiger partial charge in [-0.15, -0.1) is 23.1 Å². The smallest absolute Gasteiger partial charge is 0.261 e. The van der Waals surface area contributed by atoms with E-state index in [1.54, 1.807) is 11.8 Å². The lowest BCUT2D eigenvalue weighted by Gasteiger charge is -2.11. The van der Waals surface area contributed by atoms with E-state index in [4.69, 9.17) is 0 Å². The van der Waals surface area contributed by atoms with Crippen LogP contribution in [0.4, 0.5) is 0 Å². The summed E-state index contributed by atoms with van der Waals surface area (Å²) < 4.78 is 0. The molecule has 29 heavy (non-hydrogen) atoms. The van der Waals surface area contributed by atoms with Gasteiger partial charge in [-0.05, 0) is 51.3 Å². The molecular formula is C22H27N3O2S2. The number of amides is 1. The largest absolute Gasteiger partial charge is 0.349 e. The fourth-order valence-electron chi connectivity index (χ4n) is 3.28. The molecule has 1 atom stereocenters. The number of aryl methyl sites for hydroxylation is 3. The summed E-state index contributed by atoms with van der Waals surface area (Å²) in [4.78, 5) is 35.2. The van der Waals surface area contributed by atoms with Crippen molar-refractivity contribution in [2.45, 2.75) is 64.2 Å². The van der Waals surface area contributed by atoms with E-state index in [1.807, 2.05) is 13.8 Å². The Balaban J connectivity index is 1.86. The second kappa shape index (κ2) is 9.13. The number of carbonyl (C=O) groups is 1. The first-order valence-electron chi connectivity index (χ1n) is 9.83. The van der Waals surface area contributed by atoms with Crippen LogP contribution < -0.4 is 10.9 Å². The number of aromatic amines is 1. The Morgan fingerprint density at radius 3 is 2.79 bits per heavy atom. The number of nitrogens with zero attached hydrogens (tertiary/aromatic N) is 1. The first kappa shape index (κ1) is 21.6. The number of hydrogen-bond acceptors (Lipinski definition) is 5. The molecule has 7 heteroatoms. The van der Waals surface area contributed by atoms with E-state index in [0.29, 0.717) is 32.2 Å². The number of carbonyl (C=O) groups excluding carboxylic acids is 1. The first-order chi connectivity index (χ1) is 13.8. The SMILES string of the molecule is CCCC(C)NC(=O)c1sc2nc(CSc3cc(C)ccc3C)[nH]c(=O)c2c1C. The molecule has 3 rings (SSSR count). The number of hydrogen-bond donors (Lipinski definition) is 2. The molecule has 1 unspecified atom stereocenters. The van der Waals surface area contributed by atoms with Crippen molar-refractivity contribution in [3.05, 3.63) is 55.9 Å². The predicted molar refractivity (Wildman–Crippen MR) is 122 cm³/mol. The van der Waals surface area contributed by atoms with Gasteiger partial charge >= 0.3 is 0 Å². The molecule has 3 aromatic rings. The first-order valence-corrected chi connectivity index (χ1v) is 11.6. The van der Waals surface area contributed by atoms with E-state index in [-0.39, 0.29) is 17.5 Å². The normalized spacial score (nSPS) is 12.3. The van der Waals surface area contributed by atoms with Crippen molar-refractivity contribution >= 4 is 39.2 Å². The summed E-state index contributed by atoms with van der Waals surface area (Å²) in [5.41, 5.74) is 2.93. The highest BCUT2D eigenvalue weighted by Gasteiger charge is 2.20. The molecule has 0 radical (unpaired) electrons. The third kappa shape index (κ3) is 4.90. The molecule has 0 aliphatic rings. The van der Waals surface area contributed by atoms with Crippen LogP contribution in [0.25, 0.3) is 10.2 Å². The van der Waals surface area contributed by atoms with E-state index in [0.717, 1.165) is 12.8 Å². The standard InChI is InChI=1S/C22H27N3O2S2/c1-6-7-14(4)23-21(27)19-15(5)18-20(26)24-17(25-22(18)29-19)11-28-16-10-12(2)8-9-13(16)3/h8-10,14H,6-7,11H2,1-5H3,(H,23,27)(H,24,25,26). The fraction of sp³-hybridized carbons (Fsp3) is 0.409. The minimum atomic E-state index is -0.180. The minimum absolute atomic E-state index is 0.105. The Kier molecular flexibility index (Phi) is 6.80. The van der Waals surface area contributed by atoms with Crippen LogP contribution in [0.5, 0.6) is 0 Å². The molecule has 0 saturated heterocycles. The predicted octanol–water partition coefficient (Wildman–Crippen LogP) is 5.12. The molecule has 5 nitrogen and oxygen atoms in total. The lowest BCUT2D eigenvalue weighted by atomic mass is 10.1. The summed E-state index contributed by atoms with van der Waals surface area (Å²) in [5.74, 6) is 1.07. The minimum Gasteiger partial charge on any atom is -0.349 e. The van der Waals surface area contributed by atoms with Gasteiger partial charge in [0.25, 0.3) is 11.5 Å². The van der Waals surface area contributed by atoms with E-state index < -0.39 is 0 Å². The van der Waals surface area contributed by atoms with Gasteiger partial charge in [-0.2, -0.15) is 0 Å². The van der Waals surface area contributed by atoms with E-state index in [1.165, 1.54) is 27.4 Å². The van der Waals surface area contributed by atoms with Gasteiger partial charge in [-0.25, -0.2) is 4.98 Å². The molecule has 1 amide bonds. The van der Waals surface area contributed by atoms with Crippen LogP contribution in [0.2, 0.25) is 0 Å². The summed E-state index contributed by atoms with van der Waals surface area (Å²) in [6, 6.07) is 6.44. The molecule has 1 aromatic carbocycles. The Morgan fingerprint density at radius 1 is 1.31 bits per heavy atom. The number of H-pyrrole nitrogens is 1. The summed E-state index contributed by atoms with van der Waals surface area (Å²) in [7, 11) is 0. The van der Waals surface area contributed by atoms with Crippen LogP contribution in [-0.2, 0) is 5.75 Å². The number of thiophene rings is 1. The molecule has 154 valence electrons. The number of fused-ring (bicyclic) bond motifs is 1. The van der Waals surface area contributed by atoms with Gasteiger partial charge in [0.05, 0.1) is 16.0 Å². The Bertz CT molecular complexity index is 1100. The number of rotatable bonds is 7. The molecule has 2 aromatic heterocycles. The Hall–Kier alpha value is -2.12. The van der Waals surface area contributed by atoms with E-state index in [9.17, 15) is 9.59 Å². The van der Waals surface area contributed by atoms with Crippen molar-refractivity contribution in [2.75, 3.05) is 0 Å². The van der Waals surface area contributed by atoms with Crippen molar-refractivity contribution in [1.82, 2.24) is 15.3 Å². The van der Waals surface area contributed by atoms with Crippen LogP contribution in [0.15, 0.2) is 27.9 Å². The van der Waals surface area contributed by atoms with E-state index in [2.05, 4.69) is 54.3 Å². The molecule has 0 bridgehead atoms. The monoisotopic (exact) mass is 429 g/mol. The molecular weight excluding hydrogens is 402 g/mol. The van der Waals surface area contributed by atoms with Gasteiger partial charge < -0.3 is 10.3 Å². The van der Waals surface area contributed by atoms with Crippen LogP contribution in [-0.4, -0.2) is 21.9 Å². The summed E-state index contributed by atoms with van der Waals surface area (Å²) in [6.07, 6.45) is 1.93. The van der Waals surface area contributed by atoms with Gasteiger partial charge in [-0.1, -0.05) is 31.0 Å². The maximum Gasteiger partial charge on any atom is 0.261 e. The summed E-state index contributed by atoms with van der Waals surface area (Å²) >= 11 is 2.95. The van der Waals surface area contributed by atoms with Crippen LogP contribution in [0, 0.1) is 20.8 Å². The van der Waals surface area contributed by atoms with Crippen LogP contribution >= 0.6 is 23.1 Å². The fourth-order valence-corrected chi connectivity index (χ4v) is 5.37. The number of thioether (sulfide) groups is 1. The molecule has 0 aliphatic heterocycles. The zero-order valence-corrected chi connectivity index (χ0v) is 19.1. The van der Waals surface area contributed by atoms with E-state index >= 15 is 0 Å². The molecule has 2 N–H and O–H groups in total. The molecule has 0 fully saturated rings. The zero-order chi connectivity index (χ0) is 21.1. The molecule has 0 spiro atoms. The van der Waals surface area contributed by atoms with Crippen molar-refractivity contribution in [3.8, 4) is 0 Å². The quantitative estimate of drug-likeness (QED) is 0.511. The lowest BCUT2D eigenvalue weighted by molar-refractivity contribution is 0.0942. The molecule has 0 saturated carbocycles. The second-order valence-corrected chi connectivity index (χ2v) is 9.49. The van der Waals surface area contributed by atoms with Crippen LogP contribution in [0.3, 0.4) is 0 Å². The van der Waals surface area contributed by atoms with Crippen molar-refractivity contribution in [3.63, 3.8) is 0 Å². The Labute approximate surface area is 179 Å². The Morgan fingerprint density at radius 2 is 2.07 bits per heavy atom. The molecule has 2 heterocycles. The average molecular weight is 430 g/mol. The zero-order valence-electron chi connectivity index (χ0n) is 17.5. The highest BCUT2D eigenvalue weighted by molar-refractivity contribution is 7.98. The second-order valence-electron chi connectivity index (χ2n) is 7.47. The maximum atomic E-state index is 12.7. The van der Waals surface area contributed by atoms with Gasteiger partial charge in [0.2, 0.25) is 0 Å². The van der Waals surface area contributed by atoms with Gasteiger partial charge in [0, 0.05) is 10.9 Å². The highest BCUT2D eigenvalue weighted by Crippen LogP contribution is 2.29. The number of nitrogens with one attached hydrogen (secondary N) is 2. The number of aromatic nitrogens is 2. The van der Waals surface area contributed by atoms with Crippen molar-refractivity contribution < 1.29 is 4.79 Å². The third-order valence-electron chi connectivity index (χ3n) is 4.86. The molecule has 0 aliphatic carbocycles. The highest BCUT2D eigenvalue weighted by atomic mass is 32.2. The van der Waals surface area contributed by atoms with Gasteiger partial charge in [0.15, 0.2) is 0 Å². The average Bonchev–Trinajstić information content (AvgIpc) is 2.99. The third-order valence-corrected chi connectivity index (χ3v) is 7.22. The summed E-state index contributed by atoms with van der Waals surface area (Å²) in [5, 5.41) is 3.54.